The van der Waals surface area contributed by atoms with E-state index in [1.54, 1.807) is 6.92 Å². The maximum atomic E-state index is 12.1. The zero-order chi connectivity index (χ0) is 47.6. The molecule has 5 aliphatic carbocycles. The van der Waals surface area contributed by atoms with Gasteiger partial charge in [0.1, 0.15) is 61.0 Å². The van der Waals surface area contributed by atoms with Crippen LogP contribution < -0.4 is 0 Å². The van der Waals surface area contributed by atoms with Gasteiger partial charge >= 0.3 is 0 Å². The van der Waals surface area contributed by atoms with Crippen LogP contribution in [-0.4, -0.2) is 180 Å². The molecule has 11 N–H and O–H groups in total. The molecule has 0 radical (unpaired) electrons. The number of hydrogen-bond donors (Lipinski definition) is 11. The number of allylic oxidation sites excluding steroid dienone is 3. The fourth-order valence-corrected chi connectivity index (χ4v) is 14.5. The summed E-state index contributed by atoms with van der Waals surface area (Å²) in [5, 5.41) is 120. The molecule has 65 heavy (non-hydrogen) atoms. The number of aliphatic hydroxyl groups is 11. The maximum Gasteiger partial charge on any atom is 0.187 e. The first-order valence-corrected chi connectivity index (χ1v) is 24.0. The zero-order valence-corrected chi connectivity index (χ0v) is 39.3. The van der Waals surface area contributed by atoms with E-state index in [2.05, 4.69) is 53.7 Å². The normalized spacial score (nSPS) is 55.5. The van der Waals surface area contributed by atoms with Crippen LogP contribution in [0.3, 0.4) is 0 Å². The molecule has 6 fully saturated rings. The van der Waals surface area contributed by atoms with E-state index in [-0.39, 0.29) is 41.3 Å². The quantitative estimate of drug-likeness (QED) is 0.141. The molecule has 8 aliphatic rings. The van der Waals surface area contributed by atoms with Gasteiger partial charge in [-0.25, -0.2) is 0 Å². The summed E-state index contributed by atoms with van der Waals surface area (Å²) < 4.78 is 37.0. The lowest BCUT2D eigenvalue weighted by atomic mass is 9.35. The predicted octanol–water partition coefficient (Wildman–Crippen LogP) is 0.532. The fraction of sp³-hybridized carbons (Fsp3) is 0.917. The third-order valence-corrected chi connectivity index (χ3v) is 19.0. The Hall–Kier alpha value is -1.20. The van der Waals surface area contributed by atoms with Crippen molar-refractivity contribution >= 4 is 0 Å². The first-order valence-electron chi connectivity index (χ1n) is 24.0. The third kappa shape index (κ3) is 7.69. The van der Waals surface area contributed by atoms with Crippen molar-refractivity contribution in [2.45, 2.75) is 211 Å². The highest BCUT2D eigenvalue weighted by Gasteiger charge is 2.69. The molecular formula is C48H78O17. The highest BCUT2D eigenvalue weighted by Crippen LogP contribution is 2.74. The third-order valence-electron chi connectivity index (χ3n) is 19.0. The molecular weight excluding hydrogens is 849 g/mol. The second-order valence-corrected chi connectivity index (χ2v) is 23.0. The Labute approximate surface area is 382 Å². The standard InChI is InChI=1S/C48H78O17/c1-22-31(53)34(56)37(59)40(60-22)64-39-36(58)33(55)26(19-49)62-42(39)65-38-35(57)32(54)23(2)61-41(38)63-30-12-13-45(6)27(43(30,3)4)11-14-46(7)28(45)10-9-24-25-17-44(5,20-50)15-16-48(25,21-51)29(52)18-47(24,46)8/h9-10,22-23,26-42,49-59H,11-21H2,1-8H3/t22-,23+,26+,27-,28+,29+,30-,31-,32-,33+,34+,35-,36-,37+,38+,39+,40-,41-,42-,44-,45-,46+,47+,48+/m0/s1. The van der Waals surface area contributed by atoms with Gasteiger partial charge in [0.25, 0.3) is 0 Å². The molecule has 0 amide bonds. The molecule has 3 saturated carbocycles. The van der Waals surface area contributed by atoms with E-state index in [0.29, 0.717) is 25.7 Å². The molecule has 17 heteroatoms. The molecule has 17 nitrogen and oxygen atoms in total. The van der Waals surface area contributed by atoms with Gasteiger partial charge in [-0.2, -0.15) is 0 Å². The second kappa shape index (κ2) is 17.6. The van der Waals surface area contributed by atoms with Crippen molar-refractivity contribution in [1.82, 2.24) is 0 Å². The molecule has 3 saturated heterocycles. The zero-order valence-electron chi connectivity index (χ0n) is 39.3. The van der Waals surface area contributed by atoms with Gasteiger partial charge in [-0.3, -0.25) is 0 Å². The van der Waals surface area contributed by atoms with Gasteiger partial charge in [-0.15, -0.1) is 0 Å². The van der Waals surface area contributed by atoms with Crippen LogP contribution >= 0.6 is 0 Å². The lowest BCUT2D eigenvalue weighted by molar-refractivity contribution is -0.396. The SMILES string of the molecule is C[C@@H]1O[C@@H](O[C@H]2[C@H](O[C@H]3[C@H](O[C@H]4CC[C@]5(C)[C@H]6C=CC7=C8C[C@@](C)(CO)CC[C@]8(CO)[C@H](O)C[C@@]7(C)[C@]6(C)CC[C@H]5C4(C)C)O[C@H](C)[C@H](O)[C@@H]3O)O[C@H](CO)[C@@H](O)[C@@H]2O)[C@H](O)[C@H](O)[C@H]1O. The van der Waals surface area contributed by atoms with E-state index in [1.165, 1.54) is 12.5 Å². The van der Waals surface area contributed by atoms with Gasteiger partial charge in [0.2, 0.25) is 0 Å². The predicted molar refractivity (Wildman–Crippen MR) is 230 cm³/mol. The minimum Gasteiger partial charge on any atom is -0.396 e. The van der Waals surface area contributed by atoms with Gasteiger partial charge in [-0.1, -0.05) is 59.3 Å². The van der Waals surface area contributed by atoms with Gasteiger partial charge < -0.3 is 84.6 Å². The van der Waals surface area contributed by atoms with E-state index in [9.17, 15) is 56.2 Å². The van der Waals surface area contributed by atoms with Crippen LogP contribution in [0.1, 0.15) is 107 Å². The molecule has 8 rings (SSSR count). The summed E-state index contributed by atoms with van der Waals surface area (Å²) >= 11 is 0. The van der Waals surface area contributed by atoms with Crippen LogP contribution in [0.25, 0.3) is 0 Å². The topological polar surface area (TPSA) is 278 Å². The van der Waals surface area contributed by atoms with Gasteiger partial charge in [0, 0.05) is 17.4 Å². The first kappa shape index (κ1) is 50.2. The molecule has 24 atom stereocenters. The highest BCUT2D eigenvalue weighted by atomic mass is 16.8. The fourth-order valence-electron chi connectivity index (χ4n) is 14.5. The van der Waals surface area contributed by atoms with Crippen molar-refractivity contribution in [2.75, 3.05) is 19.8 Å². The van der Waals surface area contributed by atoms with Crippen LogP contribution in [0.15, 0.2) is 23.3 Å². The van der Waals surface area contributed by atoms with E-state index < -0.39 is 127 Å². The van der Waals surface area contributed by atoms with Crippen LogP contribution in [0, 0.1) is 44.3 Å². The number of ether oxygens (including phenoxy) is 6. The molecule has 3 heterocycles. The minimum atomic E-state index is -1.81. The van der Waals surface area contributed by atoms with Crippen LogP contribution in [0.4, 0.5) is 0 Å². The summed E-state index contributed by atoms with van der Waals surface area (Å²) in [5.74, 6) is 0.270. The maximum absolute atomic E-state index is 12.1. The van der Waals surface area contributed by atoms with Crippen LogP contribution in [0.5, 0.6) is 0 Å². The van der Waals surface area contributed by atoms with E-state index in [1.807, 2.05) is 0 Å². The smallest absolute Gasteiger partial charge is 0.187 e. The Morgan fingerprint density at radius 1 is 0.631 bits per heavy atom. The molecule has 372 valence electrons. The summed E-state index contributed by atoms with van der Waals surface area (Å²) in [6, 6.07) is 0. The lowest BCUT2D eigenvalue weighted by Crippen LogP contribution is -2.67. The number of aliphatic hydroxyl groups excluding tert-OH is 11. The number of hydrogen-bond acceptors (Lipinski definition) is 17. The van der Waals surface area contributed by atoms with E-state index >= 15 is 0 Å². The Bertz CT molecular complexity index is 1800. The largest absolute Gasteiger partial charge is 0.396 e. The molecule has 0 aromatic carbocycles. The van der Waals surface area contributed by atoms with Crippen molar-refractivity contribution in [2.24, 2.45) is 44.3 Å². The second-order valence-electron chi connectivity index (χ2n) is 23.0. The molecule has 0 bridgehead atoms. The number of fused-ring (bicyclic) bond motifs is 6. The van der Waals surface area contributed by atoms with Crippen molar-refractivity contribution in [1.29, 1.82) is 0 Å². The molecule has 3 aliphatic heterocycles. The average molecular weight is 927 g/mol. The van der Waals surface area contributed by atoms with Gasteiger partial charge in [0.05, 0.1) is 37.6 Å². The molecule has 0 spiro atoms. The van der Waals surface area contributed by atoms with Gasteiger partial charge in [0.15, 0.2) is 18.9 Å². The summed E-state index contributed by atoms with van der Waals surface area (Å²) in [5.41, 5.74) is -0.0710. The summed E-state index contributed by atoms with van der Waals surface area (Å²) in [6.07, 6.45) is -13.4. The van der Waals surface area contributed by atoms with E-state index in [4.69, 9.17) is 28.4 Å². The number of rotatable bonds is 9. The Balaban J connectivity index is 1.06. The monoisotopic (exact) mass is 927 g/mol. The average Bonchev–Trinajstić information content (AvgIpc) is 3.26. The van der Waals surface area contributed by atoms with Crippen molar-refractivity contribution in [3.8, 4) is 0 Å². The Morgan fingerprint density at radius 2 is 1.23 bits per heavy atom. The molecule has 0 unspecified atom stereocenters. The Morgan fingerprint density at radius 3 is 1.86 bits per heavy atom. The van der Waals surface area contributed by atoms with Crippen LogP contribution in [0.2, 0.25) is 0 Å². The summed E-state index contributed by atoms with van der Waals surface area (Å²) in [6.45, 7) is 15.7. The Kier molecular flexibility index (Phi) is 13.6. The molecule has 0 aromatic heterocycles. The minimum absolute atomic E-state index is 0.0379. The van der Waals surface area contributed by atoms with Crippen molar-refractivity contribution in [3.05, 3.63) is 23.3 Å². The van der Waals surface area contributed by atoms with Crippen molar-refractivity contribution in [3.63, 3.8) is 0 Å². The highest BCUT2D eigenvalue weighted by molar-refractivity contribution is 5.47. The lowest BCUT2D eigenvalue weighted by Gasteiger charge is -2.70. The van der Waals surface area contributed by atoms with Crippen LogP contribution in [-0.2, 0) is 28.4 Å². The summed E-state index contributed by atoms with van der Waals surface area (Å²) in [7, 11) is 0. The first-order chi connectivity index (χ1) is 30.4. The van der Waals surface area contributed by atoms with E-state index in [0.717, 1.165) is 31.3 Å². The molecule has 0 aromatic rings. The van der Waals surface area contributed by atoms with Crippen molar-refractivity contribution < 1.29 is 84.6 Å². The summed E-state index contributed by atoms with van der Waals surface area (Å²) in [4.78, 5) is 0. The van der Waals surface area contributed by atoms with Gasteiger partial charge in [-0.05, 0) is 104 Å².